The van der Waals surface area contributed by atoms with E-state index in [1.165, 1.54) is 6.92 Å². The molecule has 0 aromatic carbocycles. The smallest absolute Gasteiger partial charge is 0.147 e. The lowest BCUT2D eigenvalue weighted by atomic mass is 9.95. The van der Waals surface area contributed by atoms with E-state index in [0.717, 1.165) is 0 Å². The number of rotatable bonds is 10. The average molecular weight is 358 g/mol. The largest absolute Gasteiger partial charge is 0.391 e. The Labute approximate surface area is 122 Å². The van der Waals surface area contributed by atoms with Gasteiger partial charge in [-0.2, -0.15) is 14.7 Å². The third-order valence-electron chi connectivity index (χ3n) is 2.75. The Bertz CT molecular complexity index is 333. The molecule has 0 heterocycles. The van der Waals surface area contributed by atoms with Gasteiger partial charge in [0, 0.05) is 0 Å². The van der Waals surface area contributed by atoms with Crippen LogP contribution in [0.25, 0.3) is 0 Å². The second kappa shape index (κ2) is 9.13. The fourth-order valence-corrected chi connectivity index (χ4v) is 2.18. The highest BCUT2D eigenvalue weighted by Gasteiger charge is 2.40. The monoisotopic (exact) mass is 357 g/mol. The summed E-state index contributed by atoms with van der Waals surface area (Å²) in [7, 11) is 0. The van der Waals surface area contributed by atoms with E-state index in [1.807, 2.05) is 0 Å². The van der Waals surface area contributed by atoms with Gasteiger partial charge in [-0.1, -0.05) is 31.5 Å². The molecule has 7 atom stereocenters. The molecule has 0 aliphatic carbocycles. The molecular formula is C9H16BrN3O7. The lowest BCUT2D eigenvalue weighted by Gasteiger charge is -2.29. The van der Waals surface area contributed by atoms with Gasteiger partial charge in [-0.3, -0.25) is 0 Å². The van der Waals surface area contributed by atoms with Gasteiger partial charge in [-0.25, -0.2) is 0 Å². The van der Waals surface area contributed by atoms with Crippen molar-refractivity contribution in [1.29, 1.82) is 0 Å². The lowest BCUT2D eigenvalue weighted by Crippen LogP contribution is -2.50. The minimum atomic E-state index is -1.72. The average Bonchev–Trinajstić information content (AvgIpc) is 2.39. The van der Waals surface area contributed by atoms with Crippen molar-refractivity contribution in [2.24, 2.45) is 15.5 Å². The zero-order valence-corrected chi connectivity index (χ0v) is 12.1. The highest BCUT2D eigenvalue weighted by molar-refractivity contribution is 9.09. The highest BCUT2D eigenvalue weighted by atomic mass is 79.9. The topological polar surface area (TPSA) is 169 Å². The second-order valence-corrected chi connectivity index (χ2v) is 5.29. The minimum absolute atomic E-state index is 0.672. The molecule has 4 N–H and O–H groups in total. The molecule has 0 amide bonds. The molecule has 0 spiro atoms. The van der Waals surface area contributed by atoms with Crippen molar-refractivity contribution in [3.05, 3.63) is 14.7 Å². The highest BCUT2D eigenvalue weighted by Crippen LogP contribution is 2.22. The van der Waals surface area contributed by atoms with Crippen molar-refractivity contribution < 1.29 is 20.4 Å². The summed E-state index contributed by atoms with van der Waals surface area (Å²) in [6, 6.07) is -3.10. The summed E-state index contributed by atoms with van der Waals surface area (Å²) in [6.07, 6.45) is -6.29. The number of hydrogen-bond donors (Lipinski definition) is 4. The Morgan fingerprint density at radius 3 is 1.75 bits per heavy atom. The van der Waals surface area contributed by atoms with Crippen LogP contribution in [0.4, 0.5) is 0 Å². The van der Waals surface area contributed by atoms with E-state index in [1.54, 1.807) is 0 Å². The molecule has 0 aliphatic rings. The van der Waals surface area contributed by atoms with Gasteiger partial charge in [0.1, 0.15) is 24.7 Å². The first-order valence-electron chi connectivity index (χ1n) is 5.62. The first kappa shape index (κ1) is 19.1. The maximum absolute atomic E-state index is 10.6. The van der Waals surface area contributed by atoms with Crippen molar-refractivity contribution in [2.75, 3.05) is 6.54 Å². The molecule has 10 nitrogen and oxygen atoms in total. The molecular weight excluding hydrogens is 342 g/mol. The normalized spacial score (nSPS) is 21.9. The van der Waals surface area contributed by atoms with Crippen LogP contribution < -0.4 is 0 Å². The molecule has 0 saturated heterocycles. The van der Waals surface area contributed by atoms with Crippen molar-refractivity contribution in [2.45, 2.75) is 48.3 Å². The second-order valence-electron chi connectivity index (χ2n) is 4.24. The molecule has 7 unspecified atom stereocenters. The van der Waals surface area contributed by atoms with Crippen LogP contribution in [-0.4, -0.2) is 68.3 Å². The third-order valence-corrected chi connectivity index (χ3v) is 3.83. The summed E-state index contributed by atoms with van der Waals surface area (Å²) in [5.74, 6) is 0. The van der Waals surface area contributed by atoms with E-state index in [2.05, 4.69) is 31.5 Å². The zero-order valence-electron chi connectivity index (χ0n) is 10.5. The fourth-order valence-electron chi connectivity index (χ4n) is 1.56. The Hall–Kier alpha value is -0.880. The molecule has 0 rings (SSSR count). The molecule has 11 heteroatoms. The number of nitroso groups, excluding NO2 is 3. The summed E-state index contributed by atoms with van der Waals surface area (Å²) >= 11 is 2.85. The molecule has 0 saturated carbocycles. The van der Waals surface area contributed by atoms with Gasteiger partial charge in [0.2, 0.25) is 0 Å². The fraction of sp³-hybridized carbons (Fsp3) is 1.00. The van der Waals surface area contributed by atoms with Crippen LogP contribution in [-0.2, 0) is 0 Å². The summed E-state index contributed by atoms with van der Waals surface area (Å²) in [4.78, 5) is 29.9. The van der Waals surface area contributed by atoms with Gasteiger partial charge < -0.3 is 20.4 Å². The number of hydrogen-bond acceptors (Lipinski definition) is 10. The summed E-state index contributed by atoms with van der Waals surface area (Å²) < 4.78 is 0. The molecule has 0 aliphatic heterocycles. The van der Waals surface area contributed by atoms with Crippen molar-refractivity contribution >= 4 is 15.9 Å². The molecule has 0 aromatic heterocycles. The lowest BCUT2D eigenvalue weighted by molar-refractivity contribution is 0.00838. The first-order chi connectivity index (χ1) is 9.31. The number of alkyl halides is 1. The van der Waals surface area contributed by atoms with E-state index in [0.29, 0.717) is 0 Å². The molecule has 0 fully saturated rings. The molecule has 0 aromatic rings. The molecule has 0 radical (unpaired) electrons. The predicted molar refractivity (Wildman–Crippen MR) is 72.2 cm³/mol. The van der Waals surface area contributed by atoms with Gasteiger partial charge in [0.15, 0.2) is 0 Å². The summed E-state index contributed by atoms with van der Waals surface area (Å²) in [6.45, 7) is 0.539. The van der Waals surface area contributed by atoms with E-state index in [4.69, 9.17) is 0 Å². The number of aliphatic hydroxyl groups is 4. The van der Waals surface area contributed by atoms with Crippen LogP contribution in [0.3, 0.4) is 0 Å². The van der Waals surface area contributed by atoms with Crippen LogP contribution in [0, 0.1) is 14.7 Å². The van der Waals surface area contributed by atoms with E-state index in [-0.39, 0.29) is 0 Å². The zero-order chi connectivity index (χ0) is 15.9. The predicted octanol–water partition coefficient (Wildman–Crippen LogP) is -0.750. The van der Waals surface area contributed by atoms with E-state index >= 15 is 0 Å². The SMILES string of the molecule is CC(O)C(N=O)C(O)C(Br)C(O)C(N=O)C(O)CN=O. The van der Waals surface area contributed by atoms with Crippen LogP contribution in [0.1, 0.15) is 6.92 Å². The quantitative estimate of drug-likeness (QED) is 0.294. The molecule has 116 valence electrons. The van der Waals surface area contributed by atoms with Crippen LogP contribution in [0.5, 0.6) is 0 Å². The van der Waals surface area contributed by atoms with E-state index < -0.39 is 47.9 Å². The van der Waals surface area contributed by atoms with Gasteiger partial charge in [0.05, 0.1) is 23.1 Å². The maximum Gasteiger partial charge on any atom is 0.147 e. The third kappa shape index (κ3) is 4.90. The maximum atomic E-state index is 10.6. The van der Waals surface area contributed by atoms with Crippen molar-refractivity contribution in [3.8, 4) is 0 Å². The standard InChI is InChI=1S/C9H16BrN3O7/c1-3(14)6(12-19)8(16)5(10)9(17)7(13-20)4(15)2-11-18/h3-9,14-17H,2H2,1H3. The van der Waals surface area contributed by atoms with Crippen LogP contribution in [0.15, 0.2) is 15.5 Å². The Morgan fingerprint density at radius 2 is 1.40 bits per heavy atom. The Kier molecular flexibility index (Phi) is 8.73. The number of nitrogens with zero attached hydrogens (tertiary/aromatic N) is 3. The van der Waals surface area contributed by atoms with Crippen LogP contribution in [0.2, 0.25) is 0 Å². The van der Waals surface area contributed by atoms with Gasteiger partial charge in [-0.15, -0.1) is 0 Å². The van der Waals surface area contributed by atoms with E-state index in [9.17, 15) is 35.1 Å². The van der Waals surface area contributed by atoms with Gasteiger partial charge in [0.25, 0.3) is 0 Å². The van der Waals surface area contributed by atoms with Gasteiger partial charge >= 0.3 is 0 Å². The Balaban J connectivity index is 4.96. The van der Waals surface area contributed by atoms with Crippen molar-refractivity contribution in [1.82, 2.24) is 0 Å². The summed E-state index contributed by atoms with van der Waals surface area (Å²) in [5, 5.41) is 45.7. The first-order valence-corrected chi connectivity index (χ1v) is 6.53. The van der Waals surface area contributed by atoms with Crippen molar-refractivity contribution in [3.63, 3.8) is 0 Å². The number of aliphatic hydroxyl groups excluding tert-OH is 4. The molecule has 0 bridgehead atoms. The summed E-state index contributed by atoms with van der Waals surface area (Å²) in [5.41, 5.74) is 0. The van der Waals surface area contributed by atoms with Gasteiger partial charge in [-0.05, 0) is 6.92 Å². The minimum Gasteiger partial charge on any atom is -0.391 e. The molecule has 20 heavy (non-hydrogen) atoms. The number of halogens is 1. The Morgan fingerprint density at radius 1 is 0.950 bits per heavy atom. The van der Waals surface area contributed by atoms with Crippen LogP contribution >= 0.6 is 15.9 Å².